The lowest BCUT2D eigenvalue weighted by Crippen LogP contribution is -2.41. The number of likely N-dealkylation sites (tertiary alicyclic amines) is 1. The van der Waals surface area contributed by atoms with Crippen molar-refractivity contribution in [1.82, 2.24) is 4.90 Å². The zero-order chi connectivity index (χ0) is 17.6. The van der Waals surface area contributed by atoms with Crippen LogP contribution in [0.1, 0.15) is 31.7 Å². The first-order valence-corrected chi connectivity index (χ1v) is 7.85. The smallest absolute Gasteiger partial charge is 0.416 e. The number of halogens is 3. The predicted molar refractivity (Wildman–Crippen MR) is 84.6 cm³/mol. The van der Waals surface area contributed by atoms with Gasteiger partial charge in [0.2, 0.25) is 5.84 Å². The average Bonchev–Trinajstić information content (AvgIpc) is 2.56. The maximum absolute atomic E-state index is 12.7. The van der Waals surface area contributed by atoms with Gasteiger partial charge in [-0.2, -0.15) is 13.2 Å². The van der Waals surface area contributed by atoms with Crippen molar-refractivity contribution in [3.8, 4) is 0 Å². The monoisotopic (exact) mass is 343 g/mol. The van der Waals surface area contributed by atoms with Gasteiger partial charge in [0.25, 0.3) is 0 Å². The van der Waals surface area contributed by atoms with Gasteiger partial charge in [-0.25, -0.2) is 4.79 Å². The van der Waals surface area contributed by atoms with E-state index < -0.39 is 17.7 Å². The van der Waals surface area contributed by atoms with Crippen LogP contribution in [0.3, 0.4) is 0 Å². The van der Waals surface area contributed by atoms with Crippen molar-refractivity contribution in [3.05, 3.63) is 29.8 Å². The van der Waals surface area contributed by atoms with Gasteiger partial charge in [0, 0.05) is 13.1 Å². The Kier molecular flexibility index (Phi) is 6.05. The van der Waals surface area contributed by atoms with Gasteiger partial charge in [0.1, 0.15) is 0 Å². The molecule has 24 heavy (non-hydrogen) atoms. The Morgan fingerprint density at radius 3 is 2.62 bits per heavy atom. The topological polar surface area (TPSA) is 53.9 Å². The first-order valence-electron chi connectivity index (χ1n) is 7.85. The minimum atomic E-state index is -4.43. The van der Waals surface area contributed by atoms with Crippen molar-refractivity contribution >= 4 is 17.5 Å². The molecule has 0 aliphatic carbocycles. The minimum Gasteiger partial charge on any atom is -0.460 e. The Bertz CT molecular complexity index is 596. The number of hydrogen-bond donors (Lipinski definition) is 1. The number of carbonyl (C=O) groups excluding carboxylic acids is 1. The molecular weight excluding hydrogens is 323 g/mol. The summed E-state index contributed by atoms with van der Waals surface area (Å²) in [5.41, 5.74) is 1.92. The van der Waals surface area contributed by atoms with Gasteiger partial charge in [-0.1, -0.05) is 6.07 Å². The Balaban J connectivity index is 2.18. The summed E-state index contributed by atoms with van der Waals surface area (Å²) < 4.78 is 43.2. The molecule has 1 aliphatic heterocycles. The van der Waals surface area contributed by atoms with Crippen LogP contribution in [0.5, 0.6) is 0 Å². The Hall–Kier alpha value is -2.25. The molecule has 0 unspecified atom stereocenters. The molecule has 0 aromatic heterocycles. The summed E-state index contributed by atoms with van der Waals surface area (Å²) in [5.74, 6) is -0.493. The molecule has 1 N–H and O–H groups in total. The van der Waals surface area contributed by atoms with E-state index in [1.165, 1.54) is 12.1 Å². The molecule has 1 saturated heterocycles. The number of rotatable bonds is 3. The Morgan fingerprint density at radius 1 is 1.29 bits per heavy atom. The maximum Gasteiger partial charge on any atom is 0.416 e. The number of nitrogens with zero attached hydrogens (tertiary/aromatic N) is 2. The van der Waals surface area contributed by atoms with Crippen molar-refractivity contribution in [2.45, 2.75) is 32.4 Å². The molecule has 0 radical (unpaired) electrons. The average molecular weight is 343 g/mol. The molecule has 2 rings (SSSR count). The van der Waals surface area contributed by atoms with Crippen molar-refractivity contribution in [1.29, 1.82) is 0 Å². The summed E-state index contributed by atoms with van der Waals surface area (Å²) in [7, 11) is 0. The highest BCUT2D eigenvalue weighted by Crippen LogP contribution is 2.30. The van der Waals surface area contributed by atoms with E-state index in [1.54, 1.807) is 11.8 Å². The minimum absolute atomic E-state index is 0.0916. The highest BCUT2D eigenvalue weighted by atomic mass is 19.4. The quantitative estimate of drug-likeness (QED) is 0.395. The molecule has 0 saturated carbocycles. The number of nitrogens with one attached hydrogen (secondary N) is 1. The lowest BCUT2D eigenvalue weighted by molar-refractivity contribution is -0.138. The van der Waals surface area contributed by atoms with Crippen LogP contribution in [0.25, 0.3) is 0 Å². The van der Waals surface area contributed by atoms with E-state index in [4.69, 9.17) is 4.74 Å². The second-order valence-electron chi connectivity index (χ2n) is 5.39. The highest BCUT2D eigenvalue weighted by molar-refractivity contribution is 6.35. The van der Waals surface area contributed by atoms with Crippen molar-refractivity contribution in [2.75, 3.05) is 25.1 Å². The number of hydrogen-bond acceptors (Lipinski definition) is 4. The first kappa shape index (κ1) is 18.1. The van der Waals surface area contributed by atoms with E-state index >= 15 is 0 Å². The third kappa shape index (κ3) is 4.87. The van der Waals surface area contributed by atoms with E-state index in [1.807, 2.05) is 0 Å². The molecule has 1 aromatic rings. The Labute approximate surface area is 138 Å². The SMILES string of the molecule is CCOC(=O)C(=NNc1cccc(C(F)(F)F)c1)N1CCCCC1. The highest BCUT2D eigenvalue weighted by Gasteiger charge is 2.30. The number of benzene rings is 1. The fourth-order valence-corrected chi connectivity index (χ4v) is 2.43. The zero-order valence-electron chi connectivity index (χ0n) is 13.4. The standard InChI is InChI=1S/C16H20F3N3O2/c1-2-24-15(23)14(22-9-4-3-5-10-22)21-20-13-8-6-7-12(11-13)16(17,18)19/h6-8,11,20H,2-5,9-10H2,1H3. The second-order valence-corrected chi connectivity index (χ2v) is 5.39. The lowest BCUT2D eigenvalue weighted by atomic mass is 10.1. The number of hydrazone groups is 1. The van der Waals surface area contributed by atoms with E-state index in [0.717, 1.165) is 31.4 Å². The number of esters is 1. The van der Waals surface area contributed by atoms with Gasteiger partial charge in [0.15, 0.2) is 0 Å². The van der Waals surface area contributed by atoms with Crippen molar-refractivity contribution < 1.29 is 22.7 Å². The lowest BCUT2D eigenvalue weighted by Gasteiger charge is -2.28. The van der Waals surface area contributed by atoms with Crippen LogP contribution >= 0.6 is 0 Å². The molecule has 1 aliphatic rings. The van der Waals surface area contributed by atoms with E-state index in [2.05, 4.69) is 10.5 Å². The number of piperidine rings is 1. The fraction of sp³-hybridized carbons (Fsp3) is 0.500. The predicted octanol–water partition coefficient (Wildman–Crippen LogP) is 3.48. The normalized spacial score (nSPS) is 16.0. The largest absolute Gasteiger partial charge is 0.460 e. The molecule has 0 amide bonds. The van der Waals surface area contributed by atoms with E-state index in [0.29, 0.717) is 13.1 Å². The molecule has 132 valence electrons. The molecule has 8 heteroatoms. The first-order chi connectivity index (χ1) is 11.4. The van der Waals surface area contributed by atoms with Crippen LogP contribution in [-0.4, -0.2) is 36.4 Å². The molecule has 1 heterocycles. The summed E-state index contributed by atoms with van der Waals surface area (Å²) >= 11 is 0. The maximum atomic E-state index is 12.7. The molecule has 1 fully saturated rings. The Morgan fingerprint density at radius 2 is 2.00 bits per heavy atom. The van der Waals surface area contributed by atoms with Gasteiger partial charge in [-0.3, -0.25) is 5.43 Å². The number of carbonyl (C=O) groups is 1. The number of amidine groups is 1. The van der Waals surface area contributed by atoms with Crippen LogP contribution in [-0.2, 0) is 15.7 Å². The second kappa shape index (κ2) is 8.03. The summed E-state index contributed by atoms with van der Waals surface area (Å²) in [6.45, 7) is 3.23. The molecule has 0 bridgehead atoms. The summed E-state index contributed by atoms with van der Waals surface area (Å²) in [5, 5.41) is 4.01. The number of alkyl halides is 3. The molecule has 5 nitrogen and oxygen atoms in total. The fourth-order valence-electron chi connectivity index (χ4n) is 2.43. The van der Waals surface area contributed by atoms with E-state index in [9.17, 15) is 18.0 Å². The number of anilines is 1. The van der Waals surface area contributed by atoms with Crippen LogP contribution < -0.4 is 5.43 Å². The third-order valence-electron chi connectivity index (χ3n) is 3.59. The van der Waals surface area contributed by atoms with Crippen LogP contribution in [0.15, 0.2) is 29.4 Å². The number of ether oxygens (including phenoxy) is 1. The van der Waals surface area contributed by atoms with Crippen LogP contribution in [0.4, 0.5) is 18.9 Å². The molecule has 0 spiro atoms. The molecular formula is C16H20F3N3O2. The zero-order valence-corrected chi connectivity index (χ0v) is 13.4. The van der Waals surface area contributed by atoms with Gasteiger partial charge in [0.05, 0.1) is 17.9 Å². The van der Waals surface area contributed by atoms with Crippen LogP contribution in [0, 0.1) is 0 Å². The van der Waals surface area contributed by atoms with Crippen molar-refractivity contribution in [2.24, 2.45) is 5.10 Å². The third-order valence-corrected chi connectivity index (χ3v) is 3.59. The molecule has 0 atom stereocenters. The van der Waals surface area contributed by atoms with Gasteiger partial charge >= 0.3 is 12.1 Å². The summed E-state index contributed by atoms with van der Waals surface area (Å²) in [6, 6.07) is 4.66. The summed E-state index contributed by atoms with van der Waals surface area (Å²) in [6.07, 6.45) is -1.49. The van der Waals surface area contributed by atoms with Gasteiger partial charge < -0.3 is 9.64 Å². The van der Waals surface area contributed by atoms with Crippen molar-refractivity contribution in [3.63, 3.8) is 0 Å². The van der Waals surface area contributed by atoms with Gasteiger partial charge in [-0.15, -0.1) is 5.10 Å². The molecule has 1 aromatic carbocycles. The van der Waals surface area contributed by atoms with E-state index in [-0.39, 0.29) is 18.1 Å². The van der Waals surface area contributed by atoms with Crippen LogP contribution in [0.2, 0.25) is 0 Å². The van der Waals surface area contributed by atoms with Gasteiger partial charge in [-0.05, 0) is 44.4 Å². The summed E-state index contributed by atoms with van der Waals surface area (Å²) in [4.78, 5) is 13.9.